The van der Waals surface area contributed by atoms with E-state index in [1.807, 2.05) is 30.3 Å². The van der Waals surface area contributed by atoms with Gasteiger partial charge in [-0.15, -0.1) is 0 Å². The summed E-state index contributed by atoms with van der Waals surface area (Å²) in [5, 5.41) is 3.21. The largest absolute Gasteiger partial charge is 0.351 e. The summed E-state index contributed by atoms with van der Waals surface area (Å²) in [7, 11) is 1.68. The Morgan fingerprint density at radius 1 is 1.12 bits per heavy atom. The summed E-state index contributed by atoms with van der Waals surface area (Å²) in [6.07, 6.45) is 2.97. The van der Waals surface area contributed by atoms with Gasteiger partial charge in [0.25, 0.3) is 5.56 Å². The zero-order valence-corrected chi connectivity index (χ0v) is 20.1. The second-order valence-corrected chi connectivity index (χ2v) is 9.25. The molecule has 1 amide bonds. The standard InChI is InChI=1S/C26H30FN3O2S/c1-4-5-11-23(24(31)28-17-20-9-7-6-8-10-20)33-26-29-18(2)22(25(32)30(26)3)16-19-12-14-21(27)15-13-19/h6-10,12-15,23H,4-5,11,16-17H2,1-3H3,(H,28,31). The third kappa shape index (κ3) is 6.78. The molecular formula is C26H30FN3O2S. The highest BCUT2D eigenvalue weighted by Gasteiger charge is 2.23. The van der Waals surface area contributed by atoms with E-state index in [1.54, 1.807) is 26.1 Å². The number of rotatable bonds is 10. The van der Waals surface area contributed by atoms with Crippen LogP contribution < -0.4 is 10.9 Å². The average Bonchev–Trinajstić information content (AvgIpc) is 2.82. The normalized spacial score (nSPS) is 11.9. The van der Waals surface area contributed by atoms with E-state index in [4.69, 9.17) is 0 Å². The smallest absolute Gasteiger partial charge is 0.257 e. The predicted octanol–water partition coefficient (Wildman–Crippen LogP) is 4.79. The molecule has 0 aliphatic carbocycles. The Kier molecular flexibility index (Phi) is 8.83. The highest BCUT2D eigenvalue weighted by Crippen LogP contribution is 2.26. The number of hydrogen-bond donors (Lipinski definition) is 1. The minimum atomic E-state index is -0.339. The number of benzene rings is 2. The molecule has 0 saturated heterocycles. The first-order chi connectivity index (χ1) is 15.9. The molecule has 33 heavy (non-hydrogen) atoms. The van der Waals surface area contributed by atoms with Crippen LogP contribution in [0, 0.1) is 12.7 Å². The third-order valence-electron chi connectivity index (χ3n) is 5.51. The Balaban J connectivity index is 1.78. The molecule has 5 nitrogen and oxygen atoms in total. The Morgan fingerprint density at radius 3 is 2.48 bits per heavy atom. The fourth-order valence-corrected chi connectivity index (χ4v) is 4.66. The molecule has 1 atom stereocenters. The maximum atomic E-state index is 13.2. The second-order valence-electron chi connectivity index (χ2n) is 8.08. The molecule has 0 radical (unpaired) electrons. The number of aromatic nitrogens is 2. The number of halogens is 1. The Labute approximate surface area is 198 Å². The molecule has 2 aromatic carbocycles. The zero-order chi connectivity index (χ0) is 23.8. The van der Waals surface area contributed by atoms with Gasteiger partial charge in [0.15, 0.2) is 5.16 Å². The molecule has 0 spiro atoms. The summed E-state index contributed by atoms with van der Waals surface area (Å²) in [6, 6.07) is 15.9. The lowest BCUT2D eigenvalue weighted by atomic mass is 10.1. The number of aryl methyl sites for hydroxylation is 1. The van der Waals surface area contributed by atoms with E-state index in [1.165, 1.54) is 28.5 Å². The van der Waals surface area contributed by atoms with Crippen LogP contribution in [0.15, 0.2) is 64.5 Å². The quantitative estimate of drug-likeness (QED) is 0.344. The van der Waals surface area contributed by atoms with E-state index >= 15 is 0 Å². The van der Waals surface area contributed by atoms with Gasteiger partial charge in [0, 0.05) is 31.3 Å². The lowest BCUT2D eigenvalue weighted by Crippen LogP contribution is -2.33. The van der Waals surface area contributed by atoms with Gasteiger partial charge < -0.3 is 5.32 Å². The van der Waals surface area contributed by atoms with Gasteiger partial charge in [-0.1, -0.05) is 74.0 Å². The average molecular weight is 468 g/mol. The van der Waals surface area contributed by atoms with E-state index in [0.717, 1.165) is 24.0 Å². The molecule has 174 valence electrons. The first kappa shape index (κ1) is 24.7. The van der Waals surface area contributed by atoms with Crippen molar-refractivity contribution in [1.29, 1.82) is 0 Å². The highest BCUT2D eigenvalue weighted by atomic mass is 32.2. The van der Waals surface area contributed by atoms with E-state index in [9.17, 15) is 14.0 Å². The van der Waals surface area contributed by atoms with Gasteiger partial charge in [-0.2, -0.15) is 0 Å². The summed E-state index contributed by atoms with van der Waals surface area (Å²) in [5.41, 5.74) is 2.95. The minimum Gasteiger partial charge on any atom is -0.351 e. The van der Waals surface area contributed by atoms with Gasteiger partial charge in [0.05, 0.1) is 5.25 Å². The molecule has 3 rings (SSSR count). The van der Waals surface area contributed by atoms with Gasteiger partial charge >= 0.3 is 0 Å². The molecule has 0 bridgehead atoms. The van der Waals surface area contributed by atoms with E-state index in [-0.39, 0.29) is 22.5 Å². The lowest BCUT2D eigenvalue weighted by Gasteiger charge is -2.18. The highest BCUT2D eigenvalue weighted by molar-refractivity contribution is 8.00. The fraction of sp³-hybridized carbons (Fsp3) is 0.346. The monoisotopic (exact) mass is 467 g/mol. The molecule has 7 heteroatoms. The molecular weight excluding hydrogens is 437 g/mol. The summed E-state index contributed by atoms with van der Waals surface area (Å²) in [4.78, 5) is 30.7. The predicted molar refractivity (Wildman–Crippen MR) is 131 cm³/mol. The van der Waals surface area contributed by atoms with E-state index in [2.05, 4.69) is 17.2 Å². The van der Waals surface area contributed by atoms with Gasteiger partial charge in [-0.25, -0.2) is 9.37 Å². The number of hydrogen-bond acceptors (Lipinski definition) is 4. The minimum absolute atomic E-state index is 0.0559. The topological polar surface area (TPSA) is 64.0 Å². The van der Waals surface area contributed by atoms with Crippen molar-refractivity contribution in [2.24, 2.45) is 7.05 Å². The molecule has 0 saturated carbocycles. The summed E-state index contributed by atoms with van der Waals surface area (Å²) in [5.74, 6) is -0.364. The first-order valence-electron chi connectivity index (χ1n) is 11.2. The number of unbranched alkanes of at least 4 members (excludes halogenated alkanes) is 1. The molecule has 1 heterocycles. The molecule has 1 unspecified atom stereocenters. The molecule has 3 aromatic rings. The number of nitrogens with one attached hydrogen (secondary N) is 1. The summed E-state index contributed by atoms with van der Waals surface area (Å²) in [6.45, 7) is 4.36. The van der Waals surface area contributed by atoms with Crippen LogP contribution in [0.25, 0.3) is 0 Å². The summed E-state index contributed by atoms with van der Waals surface area (Å²) < 4.78 is 14.7. The van der Waals surface area contributed by atoms with Gasteiger partial charge in [0.2, 0.25) is 5.91 Å². The maximum Gasteiger partial charge on any atom is 0.257 e. The number of amides is 1. The van der Waals surface area contributed by atoms with E-state index < -0.39 is 0 Å². The number of carbonyl (C=O) groups is 1. The van der Waals surface area contributed by atoms with Crippen LogP contribution in [0.3, 0.4) is 0 Å². The van der Waals surface area contributed by atoms with Crippen molar-refractivity contribution in [3.8, 4) is 0 Å². The Morgan fingerprint density at radius 2 is 1.82 bits per heavy atom. The molecule has 1 aromatic heterocycles. The molecule has 0 aliphatic rings. The lowest BCUT2D eigenvalue weighted by molar-refractivity contribution is -0.120. The van der Waals surface area contributed by atoms with Crippen molar-refractivity contribution in [2.75, 3.05) is 0 Å². The number of nitrogens with zero attached hydrogens (tertiary/aromatic N) is 2. The van der Waals surface area contributed by atoms with Crippen molar-refractivity contribution < 1.29 is 9.18 Å². The molecule has 0 aliphatic heterocycles. The van der Waals surface area contributed by atoms with Crippen molar-refractivity contribution in [3.05, 3.63) is 93.2 Å². The first-order valence-corrected chi connectivity index (χ1v) is 12.1. The fourth-order valence-electron chi connectivity index (χ4n) is 3.50. The van der Waals surface area contributed by atoms with Crippen LogP contribution in [0.5, 0.6) is 0 Å². The second kappa shape index (κ2) is 11.8. The Bertz CT molecular complexity index is 1130. The van der Waals surface area contributed by atoms with Crippen LogP contribution >= 0.6 is 11.8 Å². The van der Waals surface area contributed by atoms with Crippen molar-refractivity contribution in [2.45, 2.75) is 56.5 Å². The zero-order valence-electron chi connectivity index (χ0n) is 19.3. The maximum absolute atomic E-state index is 13.2. The van der Waals surface area contributed by atoms with Crippen LogP contribution in [0.1, 0.15) is 48.6 Å². The molecule has 0 fully saturated rings. The van der Waals surface area contributed by atoms with Gasteiger partial charge in [-0.05, 0) is 36.6 Å². The van der Waals surface area contributed by atoms with Crippen LogP contribution in [-0.2, 0) is 24.8 Å². The van der Waals surface area contributed by atoms with E-state index in [0.29, 0.717) is 35.8 Å². The summed E-state index contributed by atoms with van der Waals surface area (Å²) >= 11 is 1.33. The van der Waals surface area contributed by atoms with Gasteiger partial charge in [-0.3, -0.25) is 14.2 Å². The van der Waals surface area contributed by atoms with Gasteiger partial charge in [0.1, 0.15) is 5.82 Å². The SMILES string of the molecule is CCCCC(Sc1nc(C)c(Cc2ccc(F)cc2)c(=O)n1C)C(=O)NCc1ccccc1. The number of carbonyl (C=O) groups excluding carboxylic acids is 1. The Hall–Kier alpha value is -2.93. The number of thioether (sulfide) groups is 1. The third-order valence-corrected chi connectivity index (χ3v) is 6.82. The van der Waals surface area contributed by atoms with Crippen molar-refractivity contribution >= 4 is 17.7 Å². The van der Waals surface area contributed by atoms with Crippen LogP contribution in [0.4, 0.5) is 4.39 Å². The molecule has 1 N–H and O–H groups in total. The van der Waals surface area contributed by atoms with Crippen molar-refractivity contribution in [1.82, 2.24) is 14.9 Å². The van der Waals surface area contributed by atoms with Crippen molar-refractivity contribution in [3.63, 3.8) is 0 Å². The van der Waals surface area contributed by atoms with Crippen LogP contribution in [0.2, 0.25) is 0 Å². The van der Waals surface area contributed by atoms with Crippen LogP contribution in [-0.4, -0.2) is 20.7 Å².